The fraction of sp³-hybridized carbons (Fsp3) is 0.909. The van der Waals surface area contributed by atoms with E-state index in [1.54, 1.807) is 4.90 Å². The van der Waals surface area contributed by atoms with Crippen molar-refractivity contribution in [1.82, 2.24) is 13.5 Å². The quantitative estimate of drug-likeness (QED) is 0.734. The van der Waals surface area contributed by atoms with Crippen molar-refractivity contribution in [1.29, 1.82) is 0 Å². The summed E-state index contributed by atoms with van der Waals surface area (Å²) in [5, 5.41) is 0. The molecular weight excluding hydrogens is 254 g/mol. The van der Waals surface area contributed by atoms with Crippen LogP contribution in [0.3, 0.4) is 0 Å². The zero-order valence-corrected chi connectivity index (χ0v) is 12.2. The first-order chi connectivity index (χ1) is 8.43. The maximum atomic E-state index is 12.3. The van der Waals surface area contributed by atoms with E-state index < -0.39 is 10.2 Å². The topological polar surface area (TPSA) is 60.9 Å². The van der Waals surface area contributed by atoms with Crippen molar-refractivity contribution < 1.29 is 13.2 Å². The molecule has 1 amide bonds. The predicted molar refractivity (Wildman–Crippen MR) is 70.3 cm³/mol. The summed E-state index contributed by atoms with van der Waals surface area (Å²) in [6, 6.07) is 0. The van der Waals surface area contributed by atoms with Gasteiger partial charge in [0.15, 0.2) is 0 Å². The zero-order valence-electron chi connectivity index (χ0n) is 11.4. The molecule has 1 rings (SSSR count). The molecule has 6 nitrogen and oxygen atoms in total. The van der Waals surface area contributed by atoms with Gasteiger partial charge in [-0.3, -0.25) is 4.79 Å². The third-order valence-electron chi connectivity index (χ3n) is 3.26. The Morgan fingerprint density at radius 1 is 1.11 bits per heavy atom. The Bertz CT molecular complexity index is 379. The fourth-order valence-electron chi connectivity index (χ4n) is 2.15. The minimum Gasteiger partial charge on any atom is -0.342 e. The highest BCUT2D eigenvalue weighted by Gasteiger charge is 2.29. The third-order valence-corrected chi connectivity index (χ3v) is 5.44. The van der Waals surface area contributed by atoms with Gasteiger partial charge in [-0.25, -0.2) is 0 Å². The second-order valence-corrected chi connectivity index (χ2v) is 6.28. The normalized spacial score (nSPS) is 19.0. The van der Waals surface area contributed by atoms with Crippen molar-refractivity contribution in [3.63, 3.8) is 0 Å². The van der Waals surface area contributed by atoms with Gasteiger partial charge in [-0.05, 0) is 6.42 Å². The van der Waals surface area contributed by atoms with E-state index in [1.165, 1.54) is 15.5 Å². The lowest BCUT2D eigenvalue weighted by Crippen LogP contribution is -2.45. The molecule has 0 unspecified atom stereocenters. The summed E-state index contributed by atoms with van der Waals surface area (Å²) in [6.45, 7) is 8.14. The first kappa shape index (κ1) is 15.4. The van der Waals surface area contributed by atoms with Crippen molar-refractivity contribution in [2.24, 2.45) is 0 Å². The van der Waals surface area contributed by atoms with E-state index in [-0.39, 0.29) is 5.91 Å². The largest absolute Gasteiger partial charge is 0.342 e. The highest BCUT2D eigenvalue weighted by Crippen LogP contribution is 2.12. The number of carbonyl (C=O) groups excluding carboxylic acids is 1. The maximum Gasteiger partial charge on any atom is 0.282 e. The molecule has 1 aliphatic heterocycles. The lowest BCUT2D eigenvalue weighted by molar-refractivity contribution is -0.128. The molecule has 0 N–H and O–H groups in total. The van der Waals surface area contributed by atoms with Crippen LogP contribution in [0.2, 0.25) is 0 Å². The zero-order chi connectivity index (χ0) is 13.8. The van der Waals surface area contributed by atoms with E-state index >= 15 is 0 Å². The first-order valence-corrected chi connectivity index (χ1v) is 7.83. The molecule has 0 saturated carbocycles. The van der Waals surface area contributed by atoms with Crippen LogP contribution in [0, 0.1) is 0 Å². The predicted octanol–water partition coefficient (Wildman–Crippen LogP) is 0.127. The van der Waals surface area contributed by atoms with Crippen LogP contribution in [0.1, 0.15) is 27.2 Å². The molecule has 0 radical (unpaired) electrons. The van der Waals surface area contributed by atoms with Crippen LogP contribution in [0.4, 0.5) is 0 Å². The molecule has 0 aliphatic carbocycles. The van der Waals surface area contributed by atoms with E-state index in [1.807, 2.05) is 13.8 Å². The summed E-state index contributed by atoms with van der Waals surface area (Å²) in [5.74, 6) is 0.0112. The number of carbonyl (C=O) groups is 1. The second kappa shape index (κ2) is 6.49. The highest BCUT2D eigenvalue weighted by molar-refractivity contribution is 7.86. The van der Waals surface area contributed by atoms with Crippen LogP contribution < -0.4 is 0 Å². The minimum atomic E-state index is -3.37. The minimum absolute atomic E-state index is 0.0112. The molecule has 0 aromatic rings. The fourth-order valence-corrected chi connectivity index (χ4v) is 3.80. The average Bonchev–Trinajstić information content (AvgIpc) is 2.55. The van der Waals surface area contributed by atoms with Crippen molar-refractivity contribution in [2.75, 3.05) is 39.3 Å². The van der Waals surface area contributed by atoms with Gasteiger partial charge < -0.3 is 4.90 Å². The molecule has 1 saturated heterocycles. The number of hydrogen-bond acceptors (Lipinski definition) is 3. The Kier molecular flexibility index (Phi) is 5.55. The van der Waals surface area contributed by atoms with Gasteiger partial charge in [0.1, 0.15) is 0 Å². The van der Waals surface area contributed by atoms with E-state index in [2.05, 4.69) is 0 Å². The maximum absolute atomic E-state index is 12.3. The van der Waals surface area contributed by atoms with E-state index in [0.29, 0.717) is 45.7 Å². The van der Waals surface area contributed by atoms with Gasteiger partial charge in [-0.2, -0.15) is 17.0 Å². The summed E-state index contributed by atoms with van der Waals surface area (Å²) in [5.41, 5.74) is 0. The number of nitrogens with zero attached hydrogens (tertiary/aromatic N) is 3. The summed E-state index contributed by atoms with van der Waals surface area (Å²) < 4.78 is 27.6. The molecule has 0 aromatic carbocycles. The molecule has 0 bridgehead atoms. The number of rotatable bonds is 4. The number of amides is 1. The Morgan fingerprint density at radius 3 is 2.22 bits per heavy atom. The lowest BCUT2D eigenvalue weighted by Gasteiger charge is -2.27. The van der Waals surface area contributed by atoms with E-state index in [9.17, 15) is 13.2 Å². The van der Waals surface area contributed by atoms with Gasteiger partial charge in [0.25, 0.3) is 10.2 Å². The molecule has 0 atom stereocenters. The Balaban J connectivity index is 2.76. The molecule has 18 heavy (non-hydrogen) atoms. The van der Waals surface area contributed by atoms with Crippen molar-refractivity contribution >= 4 is 16.1 Å². The molecular formula is C11H23N3O3S. The molecule has 0 aromatic heterocycles. The molecule has 1 heterocycles. The Labute approximate surface area is 110 Å². The summed E-state index contributed by atoms with van der Waals surface area (Å²) in [6.07, 6.45) is 0.695. The van der Waals surface area contributed by atoms with Crippen molar-refractivity contribution in [2.45, 2.75) is 27.2 Å². The lowest BCUT2D eigenvalue weighted by atomic mass is 10.4. The second-order valence-electron chi connectivity index (χ2n) is 4.35. The molecule has 1 aliphatic rings. The Hall–Kier alpha value is -0.660. The molecule has 7 heteroatoms. The standard InChI is InChI=1S/C11H23N3O3S/c1-4-13(5-2)18(16,17)14-8-6-7-12(9-10-14)11(3)15/h4-10H2,1-3H3. The summed E-state index contributed by atoms with van der Waals surface area (Å²) >= 11 is 0. The Morgan fingerprint density at radius 2 is 1.72 bits per heavy atom. The summed E-state index contributed by atoms with van der Waals surface area (Å²) in [4.78, 5) is 13.0. The third kappa shape index (κ3) is 3.43. The molecule has 0 spiro atoms. The van der Waals surface area contributed by atoms with Gasteiger partial charge in [0.05, 0.1) is 0 Å². The van der Waals surface area contributed by atoms with Crippen LogP contribution in [-0.2, 0) is 15.0 Å². The molecule has 1 fully saturated rings. The highest BCUT2D eigenvalue weighted by atomic mass is 32.2. The van der Waals surface area contributed by atoms with Crippen LogP contribution in [-0.4, -0.2) is 67.1 Å². The van der Waals surface area contributed by atoms with Gasteiger partial charge in [0.2, 0.25) is 5.91 Å². The van der Waals surface area contributed by atoms with Crippen molar-refractivity contribution in [3.05, 3.63) is 0 Å². The van der Waals surface area contributed by atoms with E-state index in [4.69, 9.17) is 0 Å². The van der Waals surface area contributed by atoms with Gasteiger partial charge in [0, 0.05) is 46.2 Å². The van der Waals surface area contributed by atoms with Gasteiger partial charge >= 0.3 is 0 Å². The summed E-state index contributed by atoms with van der Waals surface area (Å²) in [7, 11) is -3.37. The van der Waals surface area contributed by atoms with Crippen LogP contribution in [0.25, 0.3) is 0 Å². The van der Waals surface area contributed by atoms with Crippen LogP contribution >= 0.6 is 0 Å². The van der Waals surface area contributed by atoms with Crippen molar-refractivity contribution in [3.8, 4) is 0 Å². The average molecular weight is 277 g/mol. The monoisotopic (exact) mass is 277 g/mol. The SMILES string of the molecule is CCN(CC)S(=O)(=O)N1CCCN(C(C)=O)CC1. The first-order valence-electron chi connectivity index (χ1n) is 6.44. The molecule has 106 valence electrons. The van der Waals surface area contributed by atoms with Crippen LogP contribution in [0.15, 0.2) is 0 Å². The van der Waals surface area contributed by atoms with E-state index in [0.717, 1.165) is 0 Å². The van der Waals surface area contributed by atoms with Crippen LogP contribution in [0.5, 0.6) is 0 Å². The smallest absolute Gasteiger partial charge is 0.282 e. The number of hydrogen-bond donors (Lipinski definition) is 0. The van der Waals surface area contributed by atoms with Gasteiger partial charge in [-0.15, -0.1) is 0 Å². The van der Waals surface area contributed by atoms with Gasteiger partial charge in [-0.1, -0.05) is 13.8 Å².